The zero-order chi connectivity index (χ0) is 14.5. The molecule has 1 amide bonds. The van der Waals surface area contributed by atoms with Crippen LogP contribution in [0.15, 0.2) is 42.5 Å². The molecule has 3 nitrogen and oxygen atoms in total. The molecule has 2 aromatic carbocycles. The number of carbonyl (C=O) groups is 1. The SMILES string of the molecule is CCOc1cccc(NC(=O)c2ccc(C)cc2C)c1. The lowest BCUT2D eigenvalue weighted by Crippen LogP contribution is -2.13. The van der Waals surface area contributed by atoms with Crippen molar-refractivity contribution in [1.82, 2.24) is 0 Å². The van der Waals surface area contributed by atoms with Gasteiger partial charge in [0, 0.05) is 17.3 Å². The van der Waals surface area contributed by atoms with E-state index in [9.17, 15) is 4.79 Å². The first-order valence-corrected chi connectivity index (χ1v) is 6.71. The Bertz CT molecular complexity index is 620. The number of hydrogen-bond acceptors (Lipinski definition) is 2. The van der Waals surface area contributed by atoms with Crippen LogP contribution in [-0.2, 0) is 0 Å². The van der Waals surface area contributed by atoms with E-state index < -0.39 is 0 Å². The summed E-state index contributed by atoms with van der Waals surface area (Å²) in [6, 6.07) is 13.2. The average Bonchev–Trinajstić information content (AvgIpc) is 2.39. The third-order valence-corrected chi connectivity index (χ3v) is 3.03. The molecule has 2 rings (SSSR count). The molecule has 0 unspecified atom stereocenters. The van der Waals surface area contributed by atoms with E-state index in [0.29, 0.717) is 12.2 Å². The van der Waals surface area contributed by atoms with Gasteiger partial charge in [-0.05, 0) is 44.5 Å². The van der Waals surface area contributed by atoms with Crippen molar-refractivity contribution in [1.29, 1.82) is 0 Å². The van der Waals surface area contributed by atoms with Crippen molar-refractivity contribution in [2.75, 3.05) is 11.9 Å². The highest BCUT2D eigenvalue weighted by Crippen LogP contribution is 2.19. The Labute approximate surface area is 119 Å². The maximum absolute atomic E-state index is 12.3. The molecule has 0 aliphatic carbocycles. The molecule has 0 heterocycles. The van der Waals surface area contributed by atoms with E-state index in [0.717, 1.165) is 22.6 Å². The molecule has 1 N–H and O–H groups in total. The minimum atomic E-state index is -0.101. The molecule has 0 saturated heterocycles. The molecule has 0 aliphatic heterocycles. The first kappa shape index (κ1) is 14.1. The van der Waals surface area contributed by atoms with E-state index in [2.05, 4.69) is 5.32 Å². The fourth-order valence-corrected chi connectivity index (χ4v) is 2.10. The number of amides is 1. The standard InChI is InChI=1S/C17H19NO2/c1-4-20-15-7-5-6-14(11-15)18-17(19)16-9-8-12(2)10-13(16)3/h5-11H,4H2,1-3H3,(H,18,19). The molecule has 3 heteroatoms. The van der Waals surface area contributed by atoms with Crippen LogP contribution in [0.25, 0.3) is 0 Å². The van der Waals surface area contributed by atoms with Crippen LogP contribution in [0.1, 0.15) is 28.4 Å². The summed E-state index contributed by atoms with van der Waals surface area (Å²) in [5.74, 6) is 0.655. The summed E-state index contributed by atoms with van der Waals surface area (Å²) in [6.07, 6.45) is 0. The van der Waals surface area contributed by atoms with E-state index in [-0.39, 0.29) is 5.91 Å². The Kier molecular flexibility index (Phi) is 4.41. The van der Waals surface area contributed by atoms with Crippen LogP contribution in [0.4, 0.5) is 5.69 Å². The predicted molar refractivity (Wildman–Crippen MR) is 81.5 cm³/mol. The van der Waals surface area contributed by atoms with Crippen molar-refractivity contribution in [3.63, 3.8) is 0 Å². The molecule has 0 saturated carbocycles. The molecule has 0 spiro atoms. The second-order valence-corrected chi connectivity index (χ2v) is 4.73. The third kappa shape index (κ3) is 3.38. The fourth-order valence-electron chi connectivity index (χ4n) is 2.10. The molecule has 0 bridgehead atoms. The normalized spacial score (nSPS) is 10.2. The van der Waals surface area contributed by atoms with Gasteiger partial charge in [-0.3, -0.25) is 4.79 Å². The molecule has 0 atom stereocenters. The third-order valence-electron chi connectivity index (χ3n) is 3.03. The highest BCUT2D eigenvalue weighted by molar-refractivity contribution is 6.05. The number of aryl methyl sites for hydroxylation is 2. The number of hydrogen-bond donors (Lipinski definition) is 1. The maximum Gasteiger partial charge on any atom is 0.255 e. The number of anilines is 1. The van der Waals surface area contributed by atoms with Crippen LogP contribution >= 0.6 is 0 Å². The quantitative estimate of drug-likeness (QED) is 0.912. The average molecular weight is 269 g/mol. The summed E-state index contributed by atoms with van der Waals surface area (Å²) in [5.41, 5.74) is 3.55. The van der Waals surface area contributed by atoms with Gasteiger partial charge in [-0.2, -0.15) is 0 Å². The molecule has 20 heavy (non-hydrogen) atoms. The Morgan fingerprint density at radius 1 is 1.15 bits per heavy atom. The zero-order valence-corrected chi connectivity index (χ0v) is 12.1. The summed E-state index contributed by atoms with van der Waals surface area (Å²) in [4.78, 5) is 12.3. The topological polar surface area (TPSA) is 38.3 Å². The molecule has 104 valence electrons. The van der Waals surface area contributed by atoms with E-state index in [1.165, 1.54) is 0 Å². The summed E-state index contributed by atoms with van der Waals surface area (Å²) >= 11 is 0. The van der Waals surface area contributed by atoms with Gasteiger partial charge in [0.25, 0.3) is 5.91 Å². The van der Waals surface area contributed by atoms with E-state index in [1.807, 2.05) is 63.2 Å². The molecular weight excluding hydrogens is 250 g/mol. The molecule has 0 fully saturated rings. The molecule has 0 aliphatic rings. The van der Waals surface area contributed by atoms with Gasteiger partial charge in [0.1, 0.15) is 5.75 Å². The van der Waals surface area contributed by atoms with Crippen molar-refractivity contribution in [3.05, 3.63) is 59.2 Å². The monoisotopic (exact) mass is 269 g/mol. The number of ether oxygens (including phenoxy) is 1. The Balaban J connectivity index is 2.17. The molecular formula is C17H19NO2. The first-order chi connectivity index (χ1) is 9.60. The van der Waals surface area contributed by atoms with Gasteiger partial charge in [0.15, 0.2) is 0 Å². The van der Waals surface area contributed by atoms with Gasteiger partial charge >= 0.3 is 0 Å². The van der Waals surface area contributed by atoms with Gasteiger partial charge in [-0.15, -0.1) is 0 Å². The first-order valence-electron chi connectivity index (χ1n) is 6.71. The lowest BCUT2D eigenvalue weighted by molar-refractivity contribution is 0.102. The van der Waals surface area contributed by atoms with Gasteiger partial charge in [-0.25, -0.2) is 0 Å². The van der Waals surface area contributed by atoms with E-state index in [4.69, 9.17) is 4.74 Å². The molecule has 2 aromatic rings. The maximum atomic E-state index is 12.3. The zero-order valence-electron chi connectivity index (χ0n) is 12.1. The second-order valence-electron chi connectivity index (χ2n) is 4.73. The van der Waals surface area contributed by atoms with Crippen LogP contribution in [0, 0.1) is 13.8 Å². The highest BCUT2D eigenvalue weighted by Gasteiger charge is 2.09. The predicted octanol–water partition coefficient (Wildman–Crippen LogP) is 3.95. The number of rotatable bonds is 4. The molecule has 0 aromatic heterocycles. The lowest BCUT2D eigenvalue weighted by atomic mass is 10.1. The smallest absolute Gasteiger partial charge is 0.255 e. The van der Waals surface area contributed by atoms with Gasteiger partial charge in [-0.1, -0.05) is 23.8 Å². The van der Waals surface area contributed by atoms with Gasteiger partial charge in [0.05, 0.1) is 6.61 Å². The summed E-state index contributed by atoms with van der Waals surface area (Å²) < 4.78 is 5.42. The van der Waals surface area contributed by atoms with Crippen LogP contribution in [0.5, 0.6) is 5.75 Å². The Morgan fingerprint density at radius 3 is 2.65 bits per heavy atom. The van der Waals surface area contributed by atoms with Crippen LogP contribution in [0.2, 0.25) is 0 Å². The van der Waals surface area contributed by atoms with Crippen molar-refractivity contribution >= 4 is 11.6 Å². The fraction of sp³-hybridized carbons (Fsp3) is 0.235. The lowest BCUT2D eigenvalue weighted by Gasteiger charge is -2.10. The van der Waals surface area contributed by atoms with Crippen molar-refractivity contribution in [3.8, 4) is 5.75 Å². The Morgan fingerprint density at radius 2 is 1.95 bits per heavy atom. The van der Waals surface area contributed by atoms with Crippen LogP contribution in [0.3, 0.4) is 0 Å². The van der Waals surface area contributed by atoms with Crippen molar-refractivity contribution in [2.24, 2.45) is 0 Å². The highest BCUT2D eigenvalue weighted by atomic mass is 16.5. The second kappa shape index (κ2) is 6.24. The summed E-state index contributed by atoms with van der Waals surface area (Å²) in [5, 5.41) is 2.90. The number of nitrogens with one attached hydrogen (secondary N) is 1. The largest absolute Gasteiger partial charge is 0.494 e. The van der Waals surface area contributed by atoms with Crippen molar-refractivity contribution in [2.45, 2.75) is 20.8 Å². The van der Waals surface area contributed by atoms with Gasteiger partial charge in [0.2, 0.25) is 0 Å². The Hall–Kier alpha value is -2.29. The van der Waals surface area contributed by atoms with E-state index in [1.54, 1.807) is 0 Å². The van der Waals surface area contributed by atoms with E-state index >= 15 is 0 Å². The summed E-state index contributed by atoms with van der Waals surface area (Å²) in [7, 11) is 0. The molecule has 0 radical (unpaired) electrons. The summed E-state index contributed by atoms with van der Waals surface area (Å²) in [6.45, 7) is 6.49. The van der Waals surface area contributed by atoms with Crippen LogP contribution < -0.4 is 10.1 Å². The van der Waals surface area contributed by atoms with Gasteiger partial charge < -0.3 is 10.1 Å². The number of benzene rings is 2. The van der Waals surface area contributed by atoms with Crippen molar-refractivity contribution < 1.29 is 9.53 Å². The number of carbonyl (C=O) groups excluding carboxylic acids is 1. The minimum absolute atomic E-state index is 0.101. The van der Waals surface area contributed by atoms with Crippen LogP contribution in [-0.4, -0.2) is 12.5 Å². The minimum Gasteiger partial charge on any atom is -0.494 e.